The third-order valence-electron chi connectivity index (χ3n) is 3.91. The van der Waals surface area contributed by atoms with Crippen molar-refractivity contribution in [2.45, 2.75) is 18.6 Å². The summed E-state index contributed by atoms with van der Waals surface area (Å²) in [5.74, 6) is 0.464. The Kier molecular flexibility index (Phi) is 4.34. The van der Waals surface area contributed by atoms with Crippen molar-refractivity contribution in [3.05, 3.63) is 60.8 Å². The van der Waals surface area contributed by atoms with E-state index in [4.69, 9.17) is 0 Å². The Bertz CT molecular complexity index is 1110. The molecule has 0 N–H and O–H groups in total. The third kappa shape index (κ3) is 3.02. The van der Waals surface area contributed by atoms with Crippen molar-refractivity contribution in [1.29, 1.82) is 0 Å². The topological polar surface area (TPSA) is 91.8 Å². The number of aromatic nitrogens is 5. The molecule has 0 saturated carbocycles. The molecule has 1 aromatic rings. The molecular formula is C16H17N5O3S. The van der Waals surface area contributed by atoms with Gasteiger partial charge in [-0.2, -0.15) is 4.98 Å². The molecule has 3 rings (SSSR count). The fraction of sp³-hybridized carbons (Fsp3) is 0.312. The fourth-order valence-corrected chi connectivity index (χ4v) is 3.07. The summed E-state index contributed by atoms with van der Waals surface area (Å²) in [6.45, 7) is 2.06. The predicted octanol–water partition coefficient (Wildman–Crippen LogP) is 0.219. The number of hydrogen-bond acceptors (Lipinski definition) is 6. The summed E-state index contributed by atoms with van der Waals surface area (Å²) in [5, 5.41) is 0.378. The van der Waals surface area contributed by atoms with Gasteiger partial charge in [-0.25, -0.2) is 9.78 Å². The van der Waals surface area contributed by atoms with Gasteiger partial charge in [-0.3, -0.25) is 14.2 Å². The van der Waals surface area contributed by atoms with E-state index in [0.29, 0.717) is 22.1 Å². The van der Waals surface area contributed by atoms with E-state index in [2.05, 4.69) is 9.97 Å². The van der Waals surface area contributed by atoms with Crippen molar-refractivity contribution in [2.75, 3.05) is 6.26 Å². The molecule has 3 heterocycles. The van der Waals surface area contributed by atoms with E-state index in [1.54, 1.807) is 23.9 Å². The first-order valence-electron chi connectivity index (χ1n) is 7.50. The zero-order valence-electron chi connectivity index (χ0n) is 14.3. The van der Waals surface area contributed by atoms with Gasteiger partial charge in [0.15, 0.2) is 5.16 Å². The van der Waals surface area contributed by atoms with Crippen LogP contribution in [0.25, 0.3) is 11.4 Å². The zero-order valence-corrected chi connectivity index (χ0v) is 15.1. The standard InChI is InChI=1S/C16H17N5O3S/c1-9-5-11-12(17-15(25-4)18-13(11)22)21(6-9)8-10-7-19(2)16(24)20(3)14(10)23/h5-7H,8H2,1-4H3. The molecule has 9 heteroatoms. The highest BCUT2D eigenvalue weighted by Crippen LogP contribution is 2.20. The van der Waals surface area contributed by atoms with Crippen molar-refractivity contribution in [3.63, 3.8) is 0 Å². The largest absolute Gasteiger partial charge is 0.330 e. The molecule has 0 aliphatic carbocycles. The Hall–Kier alpha value is -2.68. The molecule has 1 aromatic heterocycles. The highest BCUT2D eigenvalue weighted by Gasteiger charge is 2.17. The summed E-state index contributed by atoms with van der Waals surface area (Å²) in [5.41, 5.74) is 0.582. The Morgan fingerprint density at radius 3 is 2.52 bits per heavy atom. The summed E-state index contributed by atoms with van der Waals surface area (Å²) in [4.78, 5) is 44.8. The Labute approximate surface area is 147 Å². The number of aryl methyl sites for hydroxylation is 2. The van der Waals surface area contributed by atoms with Crippen molar-refractivity contribution in [3.8, 4) is 11.4 Å². The number of hydrogen-bond donors (Lipinski definition) is 0. The molecule has 0 radical (unpaired) electrons. The average Bonchev–Trinajstić information content (AvgIpc) is 2.58. The van der Waals surface area contributed by atoms with Gasteiger partial charge in [0.25, 0.3) is 11.1 Å². The van der Waals surface area contributed by atoms with E-state index >= 15 is 0 Å². The van der Waals surface area contributed by atoms with Gasteiger partial charge >= 0.3 is 5.69 Å². The summed E-state index contributed by atoms with van der Waals surface area (Å²) in [6, 6.07) is 1.73. The second-order valence-corrected chi connectivity index (χ2v) is 6.58. The van der Waals surface area contributed by atoms with Crippen molar-refractivity contribution in [2.24, 2.45) is 14.1 Å². The SMILES string of the molecule is CSc1nc2n(Cc3cn(C)c(=O)n(C)c3=O)cc(C)cc-2c(=O)n1. The maximum Gasteiger partial charge on any atom is 0.330 e. The van der Waals surface area contributed by atoms with E-state index in [9.17, 15) is 14.4 Å². The molecule has 25 heavy (non-hydrogen) atoms. The van der Waals surface area contributed by atoms with E-state index in [1.807, 2.05) is 13.1 Å². The lowest BCUT2D eigenvalue weighted by Gasteiger charge is -2.16. The molecule has 0 bridgehead atoms. The van der Waals surface area contributed by atoms with Crippen LogP contribution < -0.4 is 16.8 Å². The quantitative estimate of drug-likeness (QED) is 0.491. The minimum Gasteiger partial charge on any atom is -0.327 e. The van der Waals surface area contributed by atoms with Crippen LogP contribution in [0.4, 0.5) is 0 Å². The first-order chi connectivity index (χ1) is 11.8. The van der Waals surface area contributed by atoms with Gasteiger partial charge in [0.2, 0.25) is 0 Å². The van der Waals surface area contributed by atoms with Crippen LogP contribution in [0.2, 0.25) is 0 Å². The molecule has 2 aliphatic heterocycles. The van der Waals surface area contributed by atoms with Crippen LogP contribution >= 0.6 is 11.8 Å². The Morgan fingerprint density at radius 2 is 1.84 bits per heavy atom. The average molecular weight is 359 g/mol. The van der Waals surface area contributed by atoms with E-state index in [1.165, 1.54) is 29.6 Å². The summed E-state index contributed by atoms with van der Waals surface area (Å²) in [7, 11) is 3.03. The maximum atomic E-state index is 12.4. The van der Waals surface area contributed by atoms with Gasteiger partial charge in [0.1, 0.15) is 5.82 Å². The number of thioether (sulfide) groups is 1. The normalized spacial score (nSPS) is 11.2. The smallest absolute Gasteiger partial charge is 0.327 e. The Balaban J connectivity index is 2.23. The number of nitrogens with zero attached hydrogens (tertiary/aromatic N) is 5. The molecule has 130 valence electrons. The first-order valence-corrected chi connectivity index (χ1v) is 8.72. The third-order valence-corrected chi connectivity index (χ3v) is 4.46. The van der Waals surface area contributed by atoms with E-state index in [0.717, 1.165) is 10.1 Å². The van der Waals surface area contributed by atoms with Gasteiger partial charge in [-0.1, -0.05) is 11.8 Å². The molecule has 2 aliphatic rings. The van der Waals surface area contributed by atoms with Crippen LogP contribution in [-0.2, 0) is 20.6 Å². The van der Waals surface area contributed by atoms with Gasteiger partial charge in [-0.05, 0) is 24.8 Å². The molecule has 0 fully saturated rings. The molecule has 0 amide bonds. The summed E-state index contributed by atoms with van der Waals surface area (Å²) < 4.78 is 4.17. The van der Waals surface area contributed by atoms with Gasteiger partial charge < -0.3 is 9.13 Å². The van der Waals surface area contributed by atoms with Crippen LogP contribution in [0.3, 0.4) is 0 Å². The second kappa shape index (κ2) is 6.32. The molecule has 0 atom stereocenters. The molecule has 0 unspecified atom stereocenters. The number of rotatable bonds is 3. The molecular weight excluding hydrogens is 342 g/mol. The predicted molar refractivity (Wildman–Crippen MR) is 95.5 cm³/mol. The fourth-order valence-electron chi connectivity index (χ4n) is 2.72. The molecule has 0 aromatic carbocycles. The van der Waals surface area contributed by atoms with Crippen LogP contribution in [0.1, 0.15) is 11.1 Å². The van der Waals surface area contributed by atoms with Crippen LogP contribution in [-0.4, -0.2) is 29.9 Å². The van der Waals surface area contributed by atoms with Gasteiger partial charge in [0.05, 0.1) is 17.7 Å². The molecule has 8 nitrogen and oxygen atoms in total. The minimum absolute atomic E-state index is 0.198. The van der Waals surface area contributed by atoms with Crippen molar-refractivity contribution in [1.82, 2.24) is 23.7 Å². The summed E-state index contributed by atoms with van der Waals surface area (Å²) in [6.07, 6.45) is 5.13. The van der Waals surface area contributed by atoms with Crippen LogP contribution in [0, 0.1) is 6.92 Å². The lowest BCUT2D eigenvalue weighted by atomic mass is 10.1. The Morgan fingerprint density at radius 1 is 1.12 bits per heavy atom. The number of fused-ring (bicyclic) bond motifs is 1. The lowest BCUT2D eigenvalue weighted by molar-refractivity contribution is 0.648. The van der Waals surface area contributed by atoms with Crippen molar-refractivity contribution >= 4 is 11.8 Å². The second-order valence-electron chi connectivity index (χ2n) is 5.81. The van der Waals surface area contributed by atoms with Crippen molar-refractivity contribution < 1.29 is 0 Å². The maximum absolute atomic E-state index is 12.4. The monoisotopic (exact) mass is 359 g/mol. The highest BCUT2D eigenvalue weighted by molar-refractivity contribution is 7.98. The minimum atomic E-state index is -0.387. The zero-order chi connectivity index (χ0) is 18.3. The molecule has 0 spiro atoms. The first kappa shape index (κ1) is 17.2. The van der Waals surface area contributed by atoms with E-state index in [-0.39, 0.29) is 23.4 Å². The highest BCUT2D eigenvalue weighted by atomic mass is 32.2. The van der Waals surface area contributed by atoms with E-state index < -0.39 is 0 Å². The van der Waals surface area contributed by atoms with Crippen LogP contribution in [0.5, 0.6) is 0 Å². The van der Waals surface area contributed by atoms with Gasteiger partial charge in [-0.15, -0.1) is 0 Å². The number of pyridine rings is 1. The molecule has 0 saturated heterocycles. The van der Waals surface area contributed by atoms with Crippen LogP contribution in [0.15, 0.2) is 38.0 Å². The van der Waals surface area contributed by atoms with Gasteiger partial charge in [0, 0.05) is 26.5 Å². The lowest BCUT2D eigenvalue weighted by Crippen LogP contribution is -2.39. The summed E-state index contributed by atoms with van der Waals surface area (Å²) >= 11 is 1.28.